The molecule has 0 spiro atoms. The van der Waals surface area contributed by atoms with E-state index in [1.165, 1.54) is 6.42 Å². The Hall–Kier alpha value is 0.908. The van der Waals surface area contributed by atoms with Gasteiger partial charge in [0.1, 0.15) is 0 Å². The van der Waals surface area contributed by atoms with Crippen LogP contribution < -0.4 is 34.5 Å². The van der Waals surface area contributed by atoms with Crippen LogP contribution in [0.25, 0.3) is 0 Å². The number of halogens is 2. The summed E-state index contributed by atoms with van der Waals surface area (Å²) >= 11 is 4.31. The summed E-state index contributed by atoms with van der Waals surface area (Å²) in [5.74, 6) is 0. The van der Waals surface area contributed by atoms with E-state index in [1.807, 2.05) is 11.3 Å². The molecule has 1 aromatic rings. The van der Waals surface area contributed by atoms with E-state index in [9.17, 15) is 0 Å². The van der Waals surface area contributed by atoms with Crippen LogP contribution >= 0.6 is 11.3 Å². The maximum atomic E-state index is 2.52. The molecule has 0 bridgehead atoms. The Balaban J connectivity index is 0.00000180. The second-order valence-electron chi connectivity index (χ2n) is 6.54. The Morgan fingerprint density at radius 3 is 2.15 bits per heavy atom. The molecule has 1 aliphatic rings. The summed E-state index contributed by atoms with van der Waals surface area (Å²) in [6, 6.07) is 2.40. The molecule has 1 heterocycles. The van der Waals surface area contributed by atoms with E-state index in [4.69, 9.17) is 0 Å². The molecule has 0 atom stereocenters. The van der Waals surface area contributed by atoms with E-state index in [-0.39, 0.29) is 24.8 Å². The van der Waals surface area contributed by atoms with Gasteiger partial charge in [-0.25, -0.2) is 0 Å². The fraction of sp³-hybridized carbons (Fsp3) is 0.429. The number of hydrogen-bond acceptors (Lipinski definition) is 1. The largest absolute Gasteiger partial charge is 1.00 e. The van der Waals surface area contributed by atoms with Gasteiger partial charge < -0.3 is 24.8 Å². The maximum absolute atomic E-state index is 2.52. The van der Waals surface area contributed by atoms with Crippen LogP contribution in [0.1, 0.15) is 6.42 Å². The summed E-state index contributed by atoms with van der Waals surface area (Å²) < 4.78 is 3.32. The van der Waals surface area contributed by atoms with Crippen molar-refractivity contribution in [3.05, 3.63) is 32.7 Å². The smallest absolute Gasteiger partial charge is 1.00 e. The molecule has 0 unspecified atom stereocenters. The molecule has 0 N–H and O–H groups in total. The summed E-state index contributed by atoms with van der Waals surface area (Å²) in [7, 11) is -2.68. The van der Waals surface area contributed by atoms with Gasteiger partial charge >= 0.3 is 129 Å². The third-order valence-corrected chi connectivity index (χ3v) is 13.1. The summed E-state index contributed by atoms with van der Waals surface area (Å²) in [4.78, 5) is 0. The van der Waals surface area contributed by atoms with Crippen LogP contribution in [0.15, 0.2) is 32.7 Å². The molecule has 0 nitrogen and oxygen atoms in total. The van der Waals surface area contributed by atoms with Crippen molar-refractivity contribution >= 4 is 37.2 Å². The van der Waals surface area contributed by atoms with Crippen LogP contribution in [-0.2, 0) is 20.4 Å². The molecular weight excluding hydrogens is 375 g/mol. The van der Waals surface area contributed by atoms with Gasteiger partial charge in [0.15, 0.2) is 0 Å². The Bertz CT molecular complexity index is 528. The van der Waals surface area contributed by atoms with E-state index >= 15 is 0 Å². The summed E-state index contributed by atoms with van der Waals surface area (Å²) in [5.41, 5.74) is 0. The minimum atomic E-state index is -1.47. The Morgan fingerprint density at radius 2 is 1.70 bits per heavy atom. The Kier molecular flexibility index (Phi) is 7.79. The maximum Gasteiger partial charge on any atom is -1.00 e. The van der Waals surface area contributed by atoms with E-state index in [2.05, 4.69) is 76.8 Å². The predicted molar refractivity (Wildman–Crippen MR) is 85.2 cm³/mol. The summed E-state index contributed by atoms with van der Waals surface area (Å²) in [6.07, 6.45) is 5.90. The van der Waals surface area contributed by atoms with E-state index in [0.29, 0.717) is 0 Å². The average molecular weight is 396 g/mol. The zero-order valence-electron chi connectivity index (χ0n) is 12.7. The number of thiophene rings is 1. The minimum absolute atomic E-state index is 0. The van der Waals surface area contributed by atoms with Crippen LogP contribution in [0.2, 0.25) is 32.7 Å². The van der Waals surface area contributed by atoms with Crippen molar-refractivity contribution in [2.24, 2.45) is 0 Å². The van der Waals surface area contributed by atoms with Gasteiger partial charge in [-0.15, -0.1) is 0 Å². The standard InChI is InChI=1S/C14H21SSi2.2ClH.Ti/c1-16(2,3)13-10-11-15-14(13)17(4,5)12-8-6-7-9-12;;;/h6,8,10-11H,7H2,1-5H3;2*1H;/q;;;+2/p-2. The zero-order valence-corrected chi connectivity index (χ0v) is 18.6. The number of allylic oxidation sites excluding steroid dienone is 4. The van der Waals surface area contributed by atoms with Gasteiger partial charge in [0.05, 0.1) is 0 Å². The van der Waals surface area contributed by atoms with Crippen molar-refractivity contribution < 1.29 is 45.2 Å². The van der Waals surface area contributed by atoms with Gasteiger partial charge in [-0.1, -0.05) is 0 Å². The monoisotopic (exact) mass is 395 g/mol. The van der Waals surface area contributed by atoms with Gasteiger partial charge in [0.25, 0.3) is 0 Å². The molecule has 20 heavy (non-hydrogen) atoms. The average Bonchev–Trinajstić information content (AvgIpc) is 2.83. The van der Waals surface area contributed by atoms with Crippen molar-refractivity contribution in [3.63, 3.8) is 0 Å². The molecule has 0 aliphatic heterocycles. The van der Waals surface area contributed by atoms with Gasteiger partial charge in [0, 0.05) is 0 Å². The minimum Gasteiger partial charge on any atom is -1.00 e. The van der Waals surface area contributed by atoms with E-state index in [1.54, 1.807) is 18.8 Å². The van der Waals surface area contributed by atoms with Crippen molar-refractivity contribution in [1.29, 1.82) is 0 Å². The first-order chi connectivity index (χ1) is 8.24. The molecule has 0 radical (unpaired) electrons. The van der Waals surface area contributed by atoms with Gasteiger partial charge in [0.2, 0.25) is 0 Å². The number of rotatable bonds is 3. The SMILES string of the molecule is C[Si](C)(C)c1ccsc1[Si](C)(C)C1=[C]([Ti+2])CC=C1.[Cl-].[Cl-]. The van der Waals surface area contributed by atoms with Crippen molar-refractivity contribution in [2.75, 3.05) is 0 Å². The molecule has 0 saturated heterocycles. The van der Waals surface area contributed by atoms with Crippen molar-refractivity contribution in [3.8, 4) is 0 Å². The van der Waals surface area contributed by atoms with Crippen LogP contribution in [0, 0.1) is 0 Å². The Labute approximate surface area is 153 Å². The van der Waals surface area contributed by atoms with Gasteiger partial charge in [-0.3, -0.25) is 0 Å². The van der Waals surface area contributed by atoms with E-state index in [0.717, 1.165) is 0 Å². The normalized spacial score (nSPS) is 15.2. The first-order valence-corrected chi connectivity index (χ1v) is 14.6. The van der Waals surface area contributed by atoms with Gasteiger partial charge in [-0.2, -0.15) is 0 Å². The first-order valence-electron chi connectivity index (χ1n) is 6.45. The van der Waals surface area contributed by atoms with Crippen molar-refractivity contribution in [2.45, 2.75) is 39.2 Å². The first kappa shape index (κ1) is 20.9. The fourth-order valence-corrected chi connectivity index (χ4v) is 13.6. The molecule has 2 rings (SSSR count). The molecule has 0 amide bonds. The topological polar surface area (TPSA) is 0 Å². The number of hydrogen-bond donors (Lipinski definition) is 0. The quantitative estimate of drug-likeness (QED) is 0.497. The van der Waals surface area contributed by atoms with E-state index < -0.39 is 16.1 Å². The molecule has 1 aliphatic carbocycles. The third-order valence-electron chi connectivity index (χ3n) is 3.65. The fourth-order valence-electron chi connectivity index (χ4n) is 2.60. The summed E-state index contributed by atoms with van der Waals surface area (Å²) in [6.45, 7) is 12.5. The molecular formula is C14H21Cl2SSi2Ti. The second-order valence-corrected chi connectivity index (χ2v) is 18.1. The molecule has 6 heteroatoms. The second kappa shape index (κ2) is 7.45. The van der Waals surface area contributed by atoms with Crippen LogP contribution in [-0.4, -0.2) is 16.1 Å². The Morgan fingerprint density at radius 1 is 1.10 bits per heavy atom. The molecule has 0 saturated carbocycles. The van der Waals surface area contributed by atoms with Crippen LogP contribution in [0.3, 0.4) is 0 Å². The predicted octanol–water partition coefficient (Wildman–Crippen LogP) is -2.48. The van der Waals surface area contributed by atoms with Crippen LogP contribution in [0.4, 0.5) is 0 Å². The zero-order chi connectivity index (χ0) is 13.6. The molecule has 0 aromatic carbocycles. The third kappa shape index (κ3) is 4.01. The summed E-state index contributed by atoms with van der Waals surface area (Å²) in [5, 5.41) is 5.68. The van der Waals surface area contributed by atoms with Crippen LogP contribution in [0.5, 0.6) is 0 Å². The van der Waals surface area contributed by atoms with Gasteiger partial charge in [-0.05, 0) is 0 Å². The molecule has 0 fully saturated rings. The van der Waals surface area contributed by atoms with Crippen molar-refractivity contribution in [1.82, 2.24) is 0 Å². The molecule has 109 valence electrons. The molecule has 1 aromatic heterocycles.